The third-order valence-electron chi connectivity index (χ3n) is 5.56. The molecule has 1 aliphatic rings. The summed E-state index contributed by atoms with van der Waals surface area (Å²) in [6.07, 6.45) is 0.980. The minimum absolute atomic E-state index is 0.0788. The first-order valence-corrected chi connectivity index (χ1v) is 10.4. The molecule has 2 aromatic carbocycles. The Morgan fingerprint density at radius 3 is 2.59 bits per heavy atom. The molecule has 4 rings (SSSR count). The first kappa shape index (κ1) is 21.7. The number of aromatic nitrogens is 2. The molecule has 1 aliphatic heterocycles. The van der Waals surface area contributed by atoms with E-state index in [-0.39, 0.29) is 25.2 Å². The smallest absolute Gasteiger partial charge is 0.336 e. The van der Waals surface area contributed by atoms with Crippen molar-refractivity contribution in [2.45, 2.75) is 31.8 Å². The number of carboxylic acid groups (broad SMARTS) is 1. The molecule has 1 saturated heterocycles. The molecule has 0 unspecified atom stereocenters. The highest BCUT2D eigenvalue weighted by Crippen LogP contribution is 2.26. The highest BCUT2D eigenvalue weighted by molar-refractivity contribution is 5.88. The van der Waals surface area contributed by atoms with Gasteiger partial charge in [0, 0.05) is 18.9 Å². The van der Waals surface area contributed by atoms with Crippen LogP contribution in [0.3, 0.4) is 0 Å². The maximum Gasteiger partial charge on any atom is 0.336 e. The summed E-state index contributed by atoms with van der Waals surface area (Å²) < 4.78 is 12.9. The minimum atomic E-state index is -1.39. The Labute approximate surface area is 186 Å². The molecule has 1 fully saturated rings. The monoisotopic (exact) mass is 435 g/mol. The summed E-state index contributed by atoms with van der Waals surface area (Å²) in [6, 6.07) is 18.6. The van der Waals surface area contributed by atoms with Gasteiger partial charge in [-0.25, -0.2) is 9.48 Å². The number of carbonyl (C=O) groups is 2. The van der Waals surface area contributed by atoms with Crippen LogP contribution in [0.2, 0.25) is 0 Å². The minimum Gasteiger partial charge on any atom is -0.479 e. The van der Waals surface area contributed by atoms with Crippen molar-refractivity contribution in [2.24, 2.45) is 0 Å². The standard InChI is InChI=1S/C24H25N3O5/c1-17(19-8-10-20(11-9-19)27-13-5-12-25-27)26-14-15-31-21(23(26)28)22(24(29)30)32-16-18-6-3-2-4-7-18/h2-13,17,21-22H,14-16H2,1H3,(H,29,30)/t17-,21-,22+/m1/s1. The van der Waals surface area contributed by atoms with Crippen molar-refractivity contribution in [3.63, 3.8) is 0 Å². The molecule has 2 heterocycles. The maximum atomic E-state index is 13.2. The lowest BCUT2D eigenvalue weighted by atomic mass is 10.0. The van der Waals surface area contributed by atoms with Crippen molar-refractivity contribution in [3.05, 3.63) is 84.2 Å². The van der Waals surface area contributed by atoms with Crippen LogP contribution in [0.5, 0.6) is 0 Å². The second kappa shape index (κ2) is 9.76. The number of carbonyl (C=O) groups excluding carboxylic acids is 1. The van der Waals surface area contributed by atoms with E-state index < -0.39 is 18.2 Å². The van der Waals surface area contributed by atoms with Crippen molar-refractivity contribution in [1.29, 1.82) is 0 Å². The highest BCUT2D eigenvalue weighted by Gasteiger charge is 2.42. The predicted molar refractivity (Wildman–Crippen MR) is 116 cm³/mol. The van der Waals surface area contributed by atoms with Gasteiger partial charge in [-0.3, -0.25) is 4.79 Å². The third kappa shape index (κ3) is 4.71. The van der Waals surface area contributed by atoms with Gasteiger partial charge in [-0.2, -0.15) is 5.10 Å². The van der Waals surface area contributed by atoms with E-state index in [1.165, 1.54) is 0 Å². The number of aliphatic carboxylic acids is 1. The number of rotatable bonds is 8. The van der Waals surface area contributed by atoms with Gasteiger partial charge in [0.2, 0.25) is 0 Å². The van der Waals surface area contributed by atoms with E-state index >= 15 is 0 Å². The Kier molecular flexibility index (Phi) is 6.63. The summed E-state index contributed by atoms with van der Waals surface area (Å²) >= 11 is 0. The number of nitrogens with zero attached hydrogens (tertiary/aromatic N) is 3. The fourth-order valence-corrected chi connectivity index (χ4v) is 3.78. The Morgan fingerprint density at radius 2 is 1.94 bits per heavy atom. The summed E-state index contributed by atoms with van der Waals surface area (Å²) in [5.74, 6) is -1.61. The van der Waals surface area contributed by atoms with E-state index in [1.54, 1.807) is 15.8 Å². The van der Waals surface area contributed by atoms with E-state index in [2.05, 4.69) is 5.10 Å². The zero-order valence-electron chi connectivity index (χ0n) is 17.7. The first-order chi connectivity index (χ1) is 15.5. The number of hydrogen-bond donors (Lipinski definition) is 1. The van der Waals surface area contributed by atoms with Gasteiger partial charge in [0.05, 0.1) is 24.9 Å². The summed E-state index contributed by atoms with van der Waals surface area (Å²) in [7, 11) is 0. The van der Waals surface area contributed by atoms with Crippen molar-refractivity contribution < 1.29 is 24.2 Å². The molecule has 3 atom stereocenters. The quantitative estimate of drug-likeness (QED) is 0.585. The summed E-state index contributed by atoms with van der Waals surface area (Å²) in [6.45, 7) is 2.62. The van der Waals surface area contributed by atoms with Crippen molar-refractivity contribution in [1.82, 2.24) is 14.7 Å². The average molecular weight is 435 g/mol. The van der Waals surface area contributed by atoms with Gasteiger partial charge in [0.1, 0.15) is 0 Å². The van der Waals surface area contributed by atoms with Gasteiger partial charge in [0.15, 0.2) is 12.2 Å². The van der Waals surface area contributed by atoms with Crippen molar-refractivity contribution in [3.8, 4) is 5.69 Å². The summed E-state index contributed by atoms with van der Waals surface area (Å²) in [4.78, 5) is 26.7. The molecule has 8 nitrogen and oxygen atoms in total. The molecular weight excluding hydrogens is 410 g/mol. The normalized spacial score (nSPS) is 18.3. The summed E-state index contributed by atoms with van der Waals surface area (Å²) in [5, 5.41) is 13.9. The lowest BCUT2D eigenvalue weighted by Crippen LogP contribution is -2.55. The van der Waals surface area contributed by atoms with Gasteiger partial charge in [-0.1, -0.05) is 42.5 Å². The molecule has 0 bridgehead atoms. The van der Waals surface area contributed by atoms with Crippen LogP contribution in [0.25, 0.3) is 5.69 Å². The van der Waals surface area contributed by atoms with Gasteiger partial charge in [-0.05, 0) is 36.2 Å². The van der Waals surface area contributed by atoms with Crippen LogP contribution in [0, 0.1) is 0 Å². The number of ether oxygens (including phenoxy) is 2. The molecule has 0 radical (unpaired) electrons. The molecule has 0 saturated carbocycles. The molecule has 8 heteroatoms. The van der Waals surface area contributed by atoms with Crippen LogP contribution in [-0.4, -0.2) is 57.0 Å². The fraction of sp³-hybridized carbons (Fsp3) is 0.292. The van der Waals surface area contributed by atoms with Crippen LogP contribution in [-0.2, 0) is 25.7 Å². The number of benzene rings is 2. The Hall–Kier alpha value is -3.49. The lowest BCUT2D eigenvalue weighted by molar-refractivity contribution is -0.183. The van der Waals surface area contributed by atoms with Crippen molar-refractivity contribution in [2.75, 3.05) is 13.2 Å². The van der Waals surface area contributed by atoms with Crippen LogP contribution in [0.1, 0.15) is 24.1 Å². The maximum absolute atomic E-state index is 13.2. The molecule has 32 heavy (non-hydrogen) atoms. The fourth-order valence-electron chi connectivity index (χ4n) is 3.78. The van der Waals surface area contributed by atoms with Gasteiger partial charge < -0.3 is 19.5 Å². The Bertz CT molecular complexity index is 1040. The SMILES string of the molecule is C[C@H](c1ccc(-n2cccn2)cc1)N1CCO[C@H]([C@H](OCc2ccccc2)C(=O)O)C1=O. The van der Waals surface area contributed by atoms with E-state index in [0.717, 1.165) is 16.8 Å². The number of amides is 1. The molecule has 166 valence electrons. The molecule has 0 spiro atoms. The van der Waals surface area contributed by atoms with Crippen LogP contribution in [0.4, 0.5) is 0 Å². The van der Waals surface area contributed by atoms with E-state index in [4.69, 9.17) is 9.47 Å². The molecule has 3 aromatic rings. The van der Waals surface area contributed by atoms with Crippen LogP contribution in [0.15, 0.2) is 73.1 Å². The van der Waals surface area contributed by atoms with Gasteiger partial charge in [0.25, 0.3) is 5.91 Å². The number of morpholine rings is 1. The lowest BCUT2D eigenvalue weighted by Gasteiger charge is -2.38. The average Bonchev–Trinajstić information content (AvgIpc) is 3.35. The van der Waals surface area contributed by atoms with Crippen molar-refractivity contribution >= 4 is 11.9 Å². The largest absolute Gasteiger partial charge is 0.479 e. The third-order valence-corrected chi connectivity index (χ3v) is 5.56. The number of hydrogen-bond acceptors (Lipinski definition) is 5. The molecule has 0 aliphatic carbocycles. The molecular formula is C24H25N3O5. The topological polar surface area (TPSA) is 93.9 Å². The second-order valence-electron chi connectivity index (χ2n) is 7.60. The predicted octanol–water partition coefficient (Wildman–Crippen LogP) is 2.83. The van der Waals surface area contributed by atoms with Crippen LogP contribution >= 0.6 is 0 Å². The summed E-state index contributed by atoms with van der Waals surface area (Å²) in [5.41, 5.74) is 2.67. The zero-order valence-corrected chi connectivity index (χ0v) is 17.7. The van der Waals surface area contributed by atoms with Gasteiger partial charge in [-0.15, -0.1) is 0 Å². The molecule has 1 aromatic heterocycles. The molecule has 1 N–H and O–H groups in total. The zero-order chi connectivity index (χ0) is 22.5. The van der Waals surface area contributed by atoms with E-state index in [1.807, 2.05) is 73.8 Å². The molecule has 1 amide bonds. The van der Waals surface area contributed by atoms with E-state index in [9.17, 15) is 14.7 Å². The van der Waals surface area contributed by atoms with Crippen LogP contribution < -0.4 is 0 Å². The number of carboxylic acids is 1. The Balaban J connectivity index is 1.46. The van der Waals surface area contributed by atoms with E-state index in [0.29, 0.717) is 6.54 Å². The highest BCUT2D eigenvalue weighted by atomic mass is 16.6. The second-order valence-corrected chi connectivity index (χ2v) is 7.60. The Morgan fingerprint density at radius 1 is 1.19 bits per heavy atom. The first-order valence-electron chi connectivity index (χ1n) is 10.4. The van der Waals surface area contributed by atoms with Gasteiger partial charge >= 0.3 is 5.97 Å².